The van der Waals surface area contributed by atoms with E-state index in [0.717, 1.165) is 16.9 Å². The van der Waals surface area contributed by atoms with Crippen LogP contribution >= 0.6 is 0 Å². The average molecular weight is 495 g/mol. The van der Waals surface area contributed by atoms with Crippen molar-refractivity contribution < 1.29 is 15.0 Å². The van der Waals surface area contributed by atoms with E-state index in [1.807, 2.05) is 110 Å². The van der Waals surface area contributed by atoms with E-state index in [2.05, 4.69) is 10.3 Å². The normalized spacial score (nSPS) is 18.8. The van der Waals surface area contributed by atoms with E-state index < -0.39 is 11.5 Å². The molecule has 3 aromatic carbocycles. The average Bonchev–Trinajstić information content (AvgIpc) is 3.49. The Kier molecular flexibility index (Phi) is 6.99. The maximum absolute atomic E-state index is 13.6. The first-order chi connectivity index (χ1) is 18.0. The number of hydrogen-bond acceptors (Lipinski definition) is 5. The predicted molar refractivity (Wildman–Crippen MR) is 142 cm³/mol. The number of carbonyl (C=O) groups excluding carboxylic acids is 1. The Bertz CT molecular complexity index is 1390. The van der Waals surface area contributed by atoms with E-state index in [-0.39, 0.29) is 18.4 Å². The van der Waals surface area contributed by atoms with E-state index in [0.29, 0.717) is 24.2 Å². The number of rotatable bonds is 9. The third-order valence-electron chi connectivity index (χ3n) is 7.01. The molecular weight excluding hydrogens is 464 g/mol. The zero-order chi connectivity index (χ0) is 25.8. The number of carbonyl (C=O) groups is 1. The summed E-state index contributed by atoms with van der Waals surface area (Å²) in [5.74, 6) is -1.02. The van der Waals surface area contributed by atoms with Crippen LogP contribution in [0.25, 0.3) is 0 Å². The maximum atomic E-state index is 13.6. The molecule has 37 heavy (non-hydrogen) atoms. The van der Waals surface area contributed by atoms with Crippen LogP contribution in [0.4, 0.5) is 11.4 Å². The van der Waals surface area contributed by atoms with Gasteiger partial charge in [-0.2, -0.15) is 0 Å². The van der Waals surface area contributed by atoms with Crippen molar-refractivity contribution in [3.63, 3.8) is 0 Å². The highest BCUT2D eigenvalue weighted by Crippen LogP contribution is 2.48. The summed E-state index contributed by atoms with van der Waals surface area (Å²) in [6.45, 7) is 2.40. The second kappa shape index (κ2) is 10.5. The minimum Gasteiger partial charge on any atom is -0.395 e. The highest BCUT2D eigenvalue weighted by atomic mass is 16.3. The highest BCUT2D eigenvalue weighted by molar-refractivity contribution is 6.12. The number of nitrogens with zero attached hydrogens (tertiary/aromatic N) is 4. The minimum atomic E-state index is -1.66. The zero-order valence-corrected chi connectivity index (χ0v) is 20.7. The number of allylic oxidation sites excluding steroid dienone is 1. The molecule has 5 rings (SSSR count). The topological polar surface area (TPSA) is 91.5 Å². The van der Waals surface area contributed by atoms with E-state index >= 15 is 0 Å². The molecule has 0 spiro atoms. The standard InChI is InChI=1S/C30H30N4O3/c1-22(12-10-11-19-33-20-27(31-32-33)25(21-35)23-13-4-2-5-14-23)30(37)26-17-8-9-18-28(26)34(29(30)36)24-15-6-3-7-16-24/h2-10,12-18,20,22,25,35,37H,11,19,21H2,1H3/b12-10+/t22-,25?,30+/m1/s1. The largest absolute Gasteiger partial charge is 0.395 e. The third kappa shape index (κ3) is 4.59. The molecule has 0 bridgehead atoms. The first kappa shape index (κ1) is 24.6. The van der Waals surface area contributed by atoms with Crippen molar-refractivity contribution in [2.24, 2.45) is 5.92 Å². The van der Waals surface area contributed by atoms with Crippen LogP contribution in [0.1, 0.15) is 36.1 Å². The van der Waals surface area contributed by atoms with Gasteiger partial charge in [0.25, 0.3) is 5.91 Å². The van der Waals surface area contributed by atoms with Crippen molar-refractivity contribution in [2.75, 3.05) is 11.5 Å². The molecule has 0 saturated heterocycles. The van der Waals surface area contributed by atoms with Gasteiger partial charge in [-0.1, -0.05) is 91.0 Å². The number of aliphatic hydroxyl groups excluding tert-OH is 1. The lowest BCUT2D eigenvalue weighted by Gasteiger charge is -2.27. The molecule has 2 heterocycles. The van der Waals surface area contributed by atoms with Crippen molar-refractivity contribution in [1.29, 1.82) is 0 Å². The lowest BCUT2D eigenvalue weighted by Crippen LogP contribution is -2.42. The Morgan fingerprint density at radius 1 is 0.973 bits per heavy atom. The fourth-order valence-corrected chi connectivity index (χ4v) is 4.94. The Labute approximate surface area is 216 Å². The quantitative estimate of drug-likeness (QED) is 0.333. The van der Waals surface area contributed by atoms with Crippen molar-refractivity contribution in [1.82, 2.24) is 15.0 Å². The van der Waals surface area contributed by atoms with Gasteiger partial charge in [-0.15, -0.1) is 5.10 Å². The molecule has 0 fully saturated rings. The molecule has 3 atom stereocenters. The molecule has 1 aromatic heterocycles. The summed E-state index contributed by atoms with van der Waals surface area (Å²) >= 11 is 0. The molecule has 1 unspecified atom stereocenters. The molecule has 0 saturated carbocycles. The van der Waals surface area contributed by atoms with Crippen LogP contribution in [0, 0.1) is 5.92 Å². The summed E-state index contributed by atoms with van der Waals surface area (Å²) in [7, 11) is 0. The monoisotopic (exact) mass is 494 g/mol. The summed E-state index contributed by atoms with van der Waals surface area (Å²) in [4.78, 5) is 15.2. The molecule has 1 aliphatic rings. The van der Waals surface area contributed by atoms with Crippen molar-refractivity contribution >= 4 is 17.3 Å². The van der Waals surface area contributed by atoms with Gasteiger partial charge in [0.05, 0.1) is 23.9 Å². The minimum absolute atomic E-state index is 0.0474. The SMILES string of the molecule is C[C@H](/C=C/CCn1cc(C(CO)c2ccccc2)nn1)[C@@]1(O)C(=O)N(c2ccccc2)c2ccccc21. The number of aromatic nitrogens is 3. The Morgan fingerprint density at radius 2 is 1.65 bits per heavy atom. The number of aryl methyl sites for hydroxylation is 1. The van der Waals surface area contributed by atoms with E-state index in [1.54, 1.807) is 9.58 Å². The molecule has 1 amide bonds. The molecule has 0 aliphatic carbocycles. The fraction of sp³-hybridized carbons (Fsp3) is 0.233. The van der Waals surface area contributed by atoms with Gasteiger partial charge in [0.1, 0.15) is 0 Å². The summed E-state index contributed by atoms with van der Waals surface area (Å²) in [5.41, 5.74) is 2.09. The molecule has 1 aliphatic heterocycles. The number of anilines is 2. The molecular formula is C30H30N4O3. The van der Waals surface area contributed by atoms with Gasteiger partial charge in [0.15, 0.2) is 5.60 Å². The molecule has 2 N–H and O–H groups in total. The second-order valence-corrected chi connectivity index (χ2v) is 9.32. The van der Waals surface area contributed by atoms with Gasteiger partial charge in [0.2, 0.25) is 0 Å². The number of para-hydroxylation sites is 2. The first-order valence-electron chi connectivity index (χ1n) is 12.5. The smallest absolute Gasteiger partial charge is 0.268 e. The number of fused-ring (bicyclic) bond motifs is 1. The zero-order valence-electron chi connectivity index (χ0n) is 20.7. The lowest BCUT2D eigenvalue weighted by molar-refractivity contribution is -0.138. The number of benzene rings is 3. The predicted octanol–water partition coefficient (Wildman–Crippen LogP) is 4.55. The summed E-state index contributed by atoms with van der Waals surface area (Å²) in [6, 6.07) is 26.6. The van der Waals surface area contributed by atoms with Crippen LogP contribution in [0.2, 0.25) is 0 Å². The van der Waals surface area contributed by atoms with Gasteiger partial charge in [-0.25, -0.2) is 0 Å². The highest BCUT2D eigenvalue weighted by Gasteiger charge is 2.52. The molecule has 188 valence electrons. The first-order valence-corrected chi connectivity index (χ1v) is 12.5. The third-order valence-corrected chi connectivity index (χ3v) is 7.01. The van der Waals surface area contributed by atoms with Crippen LogP contribution in [0.5, 0.6) is 0 Å². The van der Waals surface area contributed by atoms with Crippen LogP contribution in [0.3, 0.4) is 0 Å². The van der Waals surface area contributed by atoms with Crippen LogP contribution in [0.15, 0.2) is 103 Å². The molecule has 0 radical (unpaired) electrons. The number of aliphatic hydroxyl groups is 2. The molecule has 7 heteroatoms. The molecule has 7 nitrogen and oxygen atoms in total. The van der Waals surface area contributed by atoms with E-state index in [1.165, 1.54) is 0 Å². The van der Waals surface area contributed by atoms with Crippen LogP contribution in [-0.2, 0) is 16.9 Å². The van der Waals surface area contributed by atoms with Crippen molar-refractivity contribution in [2.45, 2.75) is 31.4 Å². The van der Waals surface area contributed by atoms with Crippen molar-refractivity contribution in [3.05, 3.63) is 120 Å². The lowest BCUT2D eigenvalue weighted by atomic mass is 9.83. The van der Waals surface area contributed by atoms with Gasteiger partial charge in [0, 0.05) is 29.9 Å². The molecule has 4 aromatic rings. The Morgan fingerprint density at radius 3 is 2.38 bits per heavy atom. The van der Waals surface area contributed by atoms with Crippen LogP contribution < -0.4 is 4.90 Å². The number of hydrogen-bond donors (Lipinski definition) is 2. The summed E-state index contributed by atoms with van der Waals surface area (Å²) in [6.07, 6.45) is 6.36. The van der Waals surface area contributed by atoms with Gasteiger partial charge >= 0.3 is 0 Å². The second-order valence-electron chi connectivity index (χ2n) is 9.32. The van der Waals surface area contributed by atoms with Crippen LogP contribution in [-0.4, -0.2) is 37.7 Å². The Balaban J connectivity index is 1.28. The summed E-state index contributed by atoms with van der Waals surface area (Å²) < 4.78 is 1.75. The number of amides is 1. The van der Waals surface area contributed by atoms with E-state index in [4.69, 9.17) is 0 Å². The fourth-order valence-electron chi connectivity index (χ4n) is 4.94. The van der Waals surface area contributed by atoms with Gasteiger partial charge in [-0.05, 0) is 30.2 Å². The van der Waals surface area contributed by atoms with Crippen molar-refractivity contribution in [3.8, 4) is 0 Å². The Hall–Kier alpha value is -4.07. The summed E-state index contributed by atoms with van der Waals surface area (Å²) in [5, 5.41) is 30.1. The maximum Gasteiger partial charge on any atom is 0.268 e. The van der Waals surface area contributed by atoms with Gasteiger partial charge in [-0.3, -0.25) is 14.4 Å². The van der Waals surface area contributed by atoms with E-state index in [9.17, 15) is 15.0 Å². The van der Waals surface area contributed by atoms with Gasteiger partial charge < -0.3 is 10.2 Å².